The number of rotatable bonds is 4. The Morgan fingerprint density at radius 3 is 2.42 bits per heavy atom. The molecule has 0 atom stereocenters. The number of nitrogens with zero attached hydrogens (tertiary/aromatic N) is 5. The number of anilines is 2. The van der Waals surface area contributed by atoms with Crippen LogP contribution in [0.3, 0.4) is 0 Å². The van der Waals surface area contributed by atoms with Crippen molar-refractivity contribution in [2.75, 3.05) is 62.2 Å². The molecule has 0 unspecified atom stereocenters. The Labute approximate surface area is 144 Å². The van der Waals surface area contributed by atoms with Crippen LogP contribution in [0.4, 0.5) is 11.6 Å². The second-order valence-corrected chi connectivity index (χ2v) is 6.71. The van der Waals surface area contributed by atoms with Gasteiger partial charge in [0.15, 0.2) is 0 Å². The van der Waals surface area contributed by atoms with Gasteiger partial charge in [-0.2, -0.15) is 5.26 Å². The van der Waals surface area contributed by atoms with E-state index in [1.807, 2.05) is 6.92 Å². The number of aromatic nitrogens is 1. The summed E-state index contributed by atoms with van der Waals surface area (Å²) in [6.07, 6.45) is 3.73. The smallest absolute Gasteiger partial charge is 0.149 e. The number of piperazine rings is 1. The lowest BCUT2D eigenvalue weighted by Gasteiger charge is -2.36. The fourth-order valence-corrected chi connectivity index (χ4v) is 3.62. The SMILES string of the molecule is Cc1cc(N2CCCCC2)nc(N2CCN(CCO)CC2)c1C#N. The maximum atomic E-state index is 9.59. The molecule has 6 heteroatoms. The van der Waals surface area contributed by atoms with Crippen molar-refractivity contribution < 1.29 is 5.11 Å². The van der Waals surface area contributed by atoms with E-state index in [2.05, 4.69) is 26.8 Å². The lowest BCUT2D eigenvalue weighted by atomic mass is 10.1. The minimum absolute atomic E-state index is 0.200. The van der Waals surface area contributed by atoms with Gasteiger partial charge in [-0.15, -0.1) is 0 Å². The molecule has 0 aliphatic carbocycles. The number of nitriles is 1. The van der Waals surface area contributed by atoms with Gasteiger partial charge in [-0.1, -0.05) is 0 Å². The Hall–Kier alpha value is -1.84. The second kappa shape index (κ2) is 7.82. The van der Waals surface area contributed by atoms with Gasteiger partial charge in [0.25, 0.3) is 0 Å². The number of piperidine rings is 1. The Morgan fingerprint density at radius 1 is 1.08 bits per heavy atom. The van der Waals surface area contributed by atoms with Crippen LogP contribution in [0.5, 0.6) is 0 Å². The molecule has 0 spiro atoms. The third kappa shape index (κ3) is 3.63. The molecule has 2 aliphatic heterocycles. The zero-order valence-electron chi connectivity index (χ0n) is 14.5. The van der Waals surface area contributed by atoms with Gasteiger partial charge in [0.1, 0.15) is 17.7 Å². The fourth-order valence-electron chi connectivity index (χ4n) is 3.62. The Kier molecular flexibility index (Phi) is 5.54. The summed E-state index contributed by atoms with van der Waals surface area (Å²) < 4.78 is 0. The monoisotopic (exact) mass is 329 g/mol. The minimum atomic E-state index is 0.200. The van der Waals surface area contributed by atoms with Crippen molar-refractivity contribution in [3.8, 4) is 6.07 Å². The van der Waals surface area contributed by atoms with Crippen molar-refractivity contribution in [3.63, 3.8) is 0 Å². The first-order chi connectivity index (χ1) is 11.7. The van der Waals surface area contributed by atoms with Crippen molar-refractivity contribution in [2.45, 2.75) is 26.2 Å². The van der Waals surface area contributed by atoms with Crippen LogP contribution >= 0.6 is 0 Å². The molecule has 130 valence electrons. The van der Waals surface area contributed by atoms with E-state index < -0.39 is 0 Å². The van der Waals surface area contributed by atoms with E-state index in [0.29, 0.717) is 5.56 Å². The normalized spacial score (nSPS) is 19.4. The highest BCUT2D eigenvalue weighted by Gasteiger charge is 2.23. The lowest BCUT2D eigenvalue weighted by Crippen LogP contribution is -2.47. The topological polar surface area (TPSA) is 66.6 Å². The van der Waals surface area contributed by atoms with E-state index in [1.54, 1.807) is 0 Å². The Bertz CT molecular complexity index is 598. The van der Waals surface area contributed by atoms with Crippen LogP contribution in [-0.4, -0.2) is 67.4 Å². The summed E-state index contributed by atoms with van der Waals surface area (Å²) in [5.74, 6) is 1.85. The van der Waals surface area contributed by atoms with E-state index in [4.69, 9.17) is 10.1 Å². The summed E-state index contributed by atoms with van der Waals surface area (Å²) in [6, 6.07) is 4.42. The molecule has 1 aromatic rings. The van der Waals surface area contributed by atoms with E-state index >= 15 is 0 Å². The molecule has 2 saturated heterocycles. The van der Waals surface area contributed by atoms with Crippen molar-refractivity contribution in [1.29, 1.82) is 5.26 Å². The Balaban J connectivity index is 1.83. The molecular formula is C18H27N5O. The van der Waals surface area contributed by atoms with Gasteiger partial charge < -0.3 is 14.9 Å². The fraction of sp³-hybridized carbons (Fsp3) is 0.667. The lowest BCUT2D eigenvalue weighted by molar-refractivity contribution is 0.188. The molecule has 0 radical (unpaired) electrons. The summed E-state index contributed by atoms with van der Waals surface area (Å²) in [5, 5.41) is 18.7. The van der Waals surface area contributed by atoms with Crippen LogP contribution in [-0.2, 0) is 0 Å². The summed E-state index contributed by atoms with van der Waals surface area (Å²) in [6.45, 7) is 8.56. The Morgan fingerprint density at radius 2 is 1.79 bits per heavy atom. The molecule has 24 heavy (non-hydrogen) atoms. The van der Waals surface area contributed by atoms with Gasteiger partial charge in [0, 0.05) is 45.8 Å². The van der Waals surface area contributed by atoms with Crippen LogP contribution < -0.4 is 9.80 Å². The predicted molar refractivity (Wildman–Crippen MR) is 95.5 cm³/mol. The number of hydrogen-bond acceptors (Lipinski definition) is 6. The molecule has 2 fully saturated rings. The van der Waals surface area contributed by atoms with Gasteiger partial charge in [-0.05, 0) is 37.8 Å². The molecule has 0 aromatic carbocycles. The minimum Gasteiger partial charge on any atom is -0.395 e. The van der Waals surface area contributed by atoms with Crippen LogP contribution in [0.2, 0.25) is 0 Å². The van der Waals surface area contributed by atoms with E-state index in [0.717, 1.165) is 63.0 Å². The number of aryl methyl sites for hydroxylation is 1. The van der Waals surface area contributed by atoms with Crippen LogP contribution in [0.25, 0.3) is 0 Å². The molecule has 0 amide bonds. The van der Waals surface area contributed by atoms with Crippen LogP contribution in [0.15, 0.2) is 6.07 Å². The van der Waals surface area contributed by atoms with Crippen molar-refractivity contribution in [1.82, 2.24) is 9.88 Å². The molecule has 0 bridgehead atoms. The highest BCUT2D eigenvalue weighted by Crippen LogP contribution is 2.28. The molecule has 3 rings (SSSR count). The molecule has 0 saturated carbocycles. The maximum Gasteiger partial charge on any atom is 0.149 e. The van der Waals surface area contributed by atoms with Crippen molar-refractivity contribution >= 4 is 11.6 Å². The van der Waals surface area contributed by atoms with Gasteiger partial charge in [0.05, 0.1) is 12.2 Å². The number of pyridine rings is 1. The average molecular weight is 329 g/mol. The molecule has 2 aliphatic rings. The first-order valence-electron chi connectivity index (χ1n) is 8.98. The predicted octanol–water partition coefficient (Wildman–Crippen LogP) is 1.37. The molecule has 6 nitrogen and oxygen atoms in total. The molecule has 3 heterocycles. The molecule has 1 N–H and O–H groups in total. The number of aliphatic hydroxyl groups excluding tert-OH is 1. The van der Waals surface area contributed by atoms with E-state index in [1.165, 1.54) is 19.3 Å². The first-order valence-corrected chi connectivity index (χ1v) is 8.98. The highest BCUT2D eigenvalue weighted by molar-refractivity contribution is 5.63. The quantitative estimate of drug-likeness (QED) is 0.900. The van der Waals surface area contributed by atoms with E-state index in [-0.39, 0.29) is 6.61 Å². The maximum absolute atomic E-state index is 9.59. The second-order valence-electron chi connectivity index (χ2n) is 6.71. The van der Waals surface area contributed by atoms with Gasteiger partial charge >= 0.3 is 0 Å². The molecular weight excluding hydrogens is 302 g/mol. The summed E-state index contributed by atoms with van der Waals surface area (Å²) in [7, 11) is 0. The summed E-state index contributed by atoms with van der Waals surface area (Å²) in [5.41, 5.74) is 1.72. The van der Waals surface area contributed by atoms with Gasteiger partial charge in [-0.3, -0.25) is 4.90 Å². The van der Waals surface area contributed by atoms with Crippen LogP contribution in [0, 0.1) is 18.3 Å². The van der Waals surface area contributed by atoms with E-state index in [9.17, 15) is 5.26 Å². The highest BCUT2D eigenvalue weighted by atomic mass is 16.3. The number of aliphatic hydroxyl groups is 1. The zero-order chi connectivity index (χ0) is 16.9. The third-order valence-electron chi connectivity index (χ3n) is 5.06. The number of hydrogen-bond donors (Lipinski definition) is 1. The first kappa shape index (κ1) is 17.0. The van der Waals surface area contributed by atoms with Gasteiger partial charge in [0.2, 0.25) is 0 Å². The van der Waals surface area contributed by atoms with Crippen molar-refractivity contribution in [2.24, 2.45) is 0 Å². The summed E-state index contributed by atoms with van der Waals surface area (Å²) >= 11 is 0. The number of β-amino-alcohol motifs (C(OH)–C–C–N with tert-alkyl or cyclic N) is 1. The largest absolute Gasteiger partial charge is 0.395 e. The van der Waals surface area contributed by atoms with Crippen molar-refractivity contribution in [3.05, 3.63) is 17.2 Å². The molecule has 1 aromatic heterocycles. The average Bonchev–Trinajstić information content (AvgIpc) is 2.63. The third-order valence-corrected chi connectivity index (χ3v) is 5.06. The van der Waals surface area contributed by atoms with Gasteiger partial charge in [-0.25, -0.2) is 4.98 Å². The standard InChI is InChI=1S/C18H27N5O/c1-15-13-17(22-5-3-2-4-6-22)20-18(16(15)14-19)23-9-7-21(8-10-23)11-12-24/h13,24H,2-12H2,1H3. The summed E-state index contributed by atoms with van der Waals surface area (Å²) in [4.78, 5) is 11.7. The zero-order valence-corrected chi connectivity index (χ0v) is 14.5. The van der Waals surface area contributed by atoms with Crippen LogP contribution in [0.1, 0.15) is 30.4 Å².